The van der Waals surface area contributed by atoms with Gasteiger partial charge in [-0.15, -0.1) is 0 Å². The van der Waals surface area contributed by atoms with Crippen LogP contribution in [0.1, 0.15) is 41.5 Å². The van der Waals surface area contributed by atoms with Crippen molar-refractivity contribution in [3.05, 3.63) is 0 Å². The quantitative estimate of drug-likeness (QED) is 0.211. The minimum atomic E-state index is -1.99. The predicted octanol–water partition coefficient (Wildman–Crippen LogP) is -1.59. The second-order valence-electron chi connectivity index (χ2n) is 10.1. The third-order valence-electron chi connectivity index (χ3n) is 6.57. The first kappa shape index (κ1) is 35.1. The SMILES string of the molecule is COC(=O)[C@]1(C)OC2C(OC(C)=O)[C@H](O[C@@H]3OC(COC(C)=O)[C@H](OC(C)=O)[C@H](OC(C)=O)C3OC(C)=O)[C@H](CO)O[C@@H]2O1. The van der Waals surface area contributed by atoms with Crippen molar-refractivity contribution in [1.29, 1.82) is 0 Å². The zero-order chi connectivity index (χ0) is 32.9. The summed E-state index contributed by atoms with van der Waals surface area (Å²) in [6, 6.07) is 0. The molecule has 0 aromatic heterocycles. The maximum absolute atomic E-state index is 12.4. The molecule has 3 heterocycles. The summed E-state index contributed by atoms with van der Waals surface area (Å²) in [6.45, 7) is 5.30. The number of carbonyl (C=O) groups excluding carboxylic acids is 6. The summed E-state index contributed by atoms with van der Waals surface area (Å²) in [5.74, 6) is -7.07. The molecule has 18 heteroatoms. The standard InChI is InChI=1S/C26H36O18/c1-10(28)35-9-16-18(36-11(2)29)19(37-12(3)30)21(39-14(5)32)23(41-16)42-17-15(8-27)40-24-22(20(17)38-13(4)31)43-26(6,44-24)25(33)34-7/h15-24,27H,8-9H2,1-7H3/t15-,16?,17+,18-,19-,20?,21?,22?,23-,24+,26+/m0/s1. The molecule has 248 valence electrons. The maximum atomic E-state index is 12.4. The van der Waals surface area contributed by atoms with Crippen LogP contribution in [-0.4, -0.2) is 128 Å². The summed E-state index contributed by atoms with van der Waals surface area (Å²) >= 11 is 0. The van der Waals surface area contributed by atoms with Gasteiger partial charge in [0, 0.05) is 41.5 Å². The number of methoxy groups -OCH3 is 1. The second-order valence-corrected chi connectivity index (χ2v) is 10.1. The lowest BCUT2D eigenvalue weighted by Gasteiger charge is -2.47. The summed E-state index contributed by atoms with van der Waals surface area (Å²) in [5, 5.41) is 10.2. The van der Waals surface area contributed by atoms with E-state index in [1.807, 2.05) is 0 Å². The van der Waals surface area contributed by atoms with Gasteiger partial charge in [0.25, 0.3) is 5.79 Å². The molecule has 4 unspecified atom stereocenters. The number of hydrogen-bond donors (Lipinski definition) is 1. The Kier molecular flexibility index (Phi) is 11.6. The Labute approximate surface area is 251 Å². The van der Waals surface area contributed by atoms with Gasteiger partial charge in [-0.05, 0) is 0 Å². The Bertz CT molecular complexity index is 1110. The molecule has 3 aliphatic rings. The number of hydrogen-bond acceptors (Lipinski definition) is 18. The molecule has 3 fully saturated rings. The second kappa shape index (κ2) is 14.6. The zero-order valence-corrected chi connectivity index (χ0v) is 25.1. The lowest BCUT2D eigenvalue weighted by Crippen LogP contribution is -2.66. The van der Waals surface area contributed by atoms with Crippen LogP contribution in [0.25, 0.3) is 0 Å². The van der Waals surface area contributed by atoms with E-state index in [1.54, 1.807) is 0 Å². The third-order valence-corrected chi connectivity index (χ3v) is 6.57. The third kappa shape index (κ3) is 8.19. The van der Waals surface area contributed by atoms with E-state index in [1.165, 1.54) is 6.92 Å². The monoisotopic (exact) mass is 636 g/mol. The molecule has 0 aromatic rings. The summed E-state index contributed by atoms with van der Waals surface area (Å²) in [4.78, 5) is 72.5. The van der Waals surface area contributed by atoms with Gasteiger partial charge < -0.3 is 57.2 Å². The van der Waals surface area contributed by atoms with Crippen molar-refractivity contribution in [2.45, 2.75) is 109 Å². The lowest BCUT2D eigenvalue weighted by atomic mass is 9.96. The lowest BCUT2D eigenvalue weighted by molar-refractivity contribution is -0.348. The highest BCUT2D eigenvalue weighted by molar-refractivity contribution is 5.77. The van der Waals surface area contributed by atoms with E-state index in [2.05, 4.69) is 0 Å². The average molecular weight is 637 g/mol. The Morgan fingerprint density at radius 3 is 1.75 bits per heavy atom. The van der Waals surface area contributed by atoms with E-state index in [9.17, 15) is 33.9 Å². The number of carbonyl (C=O) groups is 6. The molecular weight excluding hydrogens is 600 g/mol. The smallest absolute Gasteiger partial charge is 0.366 e. The first-order chi connectivity index (χ1) is 20.6. The van der Waals surface area contributed by atoms with Crippen molar-refractivity contribution in [3.8, 4) is 0 Å². The molecule has 0 aromatic carbocycles. The zero-order valence-electron chi connectivity index (χ0n) is 25.1. The van der Waals surface area contributed by atoms with Gasteiger partial charge in [0.15, 0.2) is 43.1 Å². The highest BCUT2D eigenvalue weighted by Gasteiger charge is 2.62. The van der Waals surface area contributed by atoms with Gasteiger partial charge in [-0.25, -0.2) is 4.79 Å². The van der Waals surface area contributed by atoms with Crippen LogP contribution in [0.15, 0.2) is 0 Å². The van der Waals surface area contributed by atoms with Gasteiger partial charge in [-0.2, -0.15) is 0 Å². The first-order valence-corrected chi connectivity index (χ1v) is 13.4. The molecule has 0 bridgehead atoms. The highest BCUT2D eigenvalue weighted by atomic mass is 16.9. The first-order valence-electron chi connectivity index (χ1n) is 13.4. The molecule has 44 heavy (non-hydrogen) atoms. The summed E-state index contributed by atoms with van der Waals surface area (Å²) in [6.07, 6.45) is -14.7. The van der Waals surface area contributed by atoms with Crippen LogP contribution in [0.4, 0.5) is 0 Å². The number of esters is 6. The van der Waals surface area contributed by atoms with E-state index >= 15 is 0 Å². The van der Waals surface area contributed by atoms with Crippen molar-refractivity contribution in [2.75, 3.05) is 20.3 Å². The minimum absolute atomic E-state index is 0.533. The molecule has 11 atom stereocenters. The molecule has 0 amide bonds. The Morgan fingerprint density at radius 2 is 1.23 bits per heavy atom. The highest BCUT2D eigenvalue weighted by Crippen LogP contribution is 2.41. The predicted molar refractivity (Wildman–Crippen MR) is 135 cm³/mol. The van der Waals surface area contributed by atoms with Crippen molar-refractivity contribution >= 4 is 35.8 Å². The molecular formula is C26H36O18. The van der Waals surface area contributed by atoms with Crippen molar-refractivity contribution in [3.63, 3.8) is 0 Å². The van der Waals surface area contributed by atoms with Crippen LogP contribution in [0, 0.1) is 0 Å². The largest absolute Gasteiger partial charge is 0.465 e. The van der Waals surface area contributed by atoms with Crippen LogP contribution in [0.2, 0.25) is 0 Å². The van der Waals surface area contributed by atoms with Crippen LogP contribution in [0.5, 0.6) is 0 Å². The fourth-order valence-corrected chi connectivity index (χ4v) is 4.98. The number of aliphatic hydroxyl groups excluding tert-OH is 1. The van der Waals surface area contributed by atoms with Crippen molar-refractivity contribution in [2.24, 2.45) is 0 Å². The molecule has 0 aliphatic carbocycles. The van der Waals surface area contributed by atoms with Crippen LogP contribution >= 0.6 is 0 Å². The van der Waals surface area contributed by atoms with Crippen LogP contribution in [-0.2, 0) is 80.9 Å². The normalized spacial score (nSPS) is 36.3. The van der Waals surface area contributed by atoms with Gasteiger partial charge in [0.05, 0.1) is 13.7 Å². The van der Waals surface area contributed by atoms with Gasteiger partial charge in [0.2, 0.25) is 0 Å². The number of aliphatic hydroxyl groups is 1. The topological polar surface area (TPSA) is 224 Å². The molecule has 18 nitrogen and oxygen atoms in total. The summed E-state index contributed by atoms with van der Waals surface area (Å²) in [7, 11) is 1.10. The van der Waals surface area contributed by atoms with E-state index in [4.69, 9.17) is 52.1 Å². The van der Waals surface area contributed by atoms with E-state index in [0.29, 0.717) is 0 Å². The van der Waals surface area contributed by atoms with Crippen molar-refractivity contribution in [1.82, 2.24) is 0 Å². The minimum Gasteiger partial charge on any atom is -0.465 e. The van der Waals surface area contributed by atoms with Gasteiger partial charge >= 0.3 is 35.8 Å². The number of ether oxygens (including phenoxy) is 11. The fraction of sp³-hybridized carbons (Fsp3) is 0.769. The summed E-state index contributed by atoms with van der Waals surface area (Å²) in [5.41, 5.74) is 0. The molecule has 3 saturated heterocycles. The molecule has 0 saturated carbocycles. The Morgan fingerprint density at radius 1 is 0.682 bits per heavy atom. The van der Waals surface area contributed by atoms with Gasteiger partial charge in [-0.1, -0.05) is 0 Å². The number of fused-ring (bicyclic) bond motifs is 1. The van der Waals surface area contributed by atoms with Gasteiger partial charge in [-0.3, -0.25) is 24.0 Å². The van der Waals surface area contributed by atoms with E-state index in [0.717, 1.165) is 41.7 Å². The maximum Gasteiger partial charge on any atom is 0.366 e. The molecule has 3 aliphatic heterocycles. The van der Waals surface area contributed by atoms with E-state index < -0.39 is 116 Å². The molecule has 0 radical (unpaired) electrons. The van der Waals surface area contributed by atoms with E-state index in [-0.39, 0.29) is 0 Å². The Balaban J connectivity index is 2.06. The molecule has 3 rings (SSSR count). The Hall–Kier alpha value is -3.42. The van der Waals surface area contributed by atoms with Crippen LogP contribution < -0.4 is 0 Å². The average Bonchev–Trinajstić information content (AvgIpc) is 3.27. The summed E-state index contributed by atoms with van der Waals surface area (Å²) < 4.78 is 60.7. The van der Waals surface area contributed by atoms with Crippen molar-refractivity contribution < 1.29 is 86.0 Å². The fourth-order valence-electron chi connectivity index (χ4n) is 4.98. The number of rotatable bonds is 10. The molecule has 0 spiro atoms. The van der Waals surface area contributed by atoms with Crippen LogP contribution in [0.3, 0.4) is 0 Å². The molecule has 1 N–H and O–H groups in total. The van der Waals surface area contributed by atoms with Gasteiger partial charge in [0.1, 0.15) is 24.9 Å².